The number of carbonyl (C=O) groups excluding carboxylic acids is 1. The maximum absolute atomic E-state index is 11.9. The second kappa shape index (κ2) is 5.49. The van der Waals surface area contributed by atoms with Crippen LogP contribution in [0, 0.1) is 5.92 Å². The lowest BCUT2D eigenvalue weighted by Gasteiger charge is -2.15. The van der Waals surface area contributed by atoms with E-state index in [9.17, 15) is 9.59 Å². The Morgan fingerprint density at radius 1 is 1.28 bits per heavy atom. The van der Waals surface area contributed by atoms with Crippen molar-refractivity contribution in [3.8, 4) is 0 Å². The van der Waals surface area contributed by atoms with Crippen molar-refractivity contribution in [2.24, 2.45) is 5.92 Å². The SMILES string of the molecule is O=C(NC1COCC1C(=O)O)c1ccc(Br)cc1. The molecule has 1 amide bonds. The molecule has 0 aliphatic carbocycles. The quantitative estimate of drug-likeness (QED) is 0.881. The first kappa shape index (κ1) is 13.0. The van der Waals surface area contributed by atoms with Gasteiger partial charge in [0.1, 0.15) is 5.92 Å². The van der Waals surface area contributed by atoms with E-state index in [0.29, 0.717) is 5.56 Å². The van der Waals surface area contributed by atoms with Crippen molar-refractivity contribution >= 4 is 27.8 Å². The number of aliphatic carboxylic acids is 1. The fourth-order valence-electron chi connectivity index (χ4n) is 1.79. The Labute approximate surface area is 112 Å². The van der Waals surface area contributed by atoms with Gasteiger partial charge in [-0.25, -0.2) is 0 Å². The molecule has 5 nitrogen and oxygen atoms in total. The van der Waals surface area contributed by atoms with Gasteiger partial charge in [0.25, 0.3) is 5.91 Å². The predicted molar refractivity (Wildman–Crippen MR) is 67.3 cm³/mol. The highest BCUT2D eigenvalue weighted by Gasteiger charge is 2.35. The van der Waals surface area contributed by atoms with E-state index in [1.165, 1.54) is 0 Å². The van der Waals surface area contributed by atoms with Crippen LogP contribution in [0.3, 0.4) is 0 Å². The van der Waals surface area contributed by atoms with Gasteiger partial charge in [-0.15, -0.1) is 0 Å². The number of carboxylic acids is 1. The first-order valence-corrected chi connectivity index (χ1v) is 6.24. The Bertz CT molecular complexity index is 460. The minimum Gasteiger partial charge on any atom is -0.481 e. The van der Waals surface area contributed by atoms with Gasteiger partial charge in [0.15, 0.2) is 0 Å². The Hall–Kier alpha value is -1.40. The molecule has 1 aromatic rings. The van der Waals surface area contributed by atoms with Crippen LogP contribution in [0.4, 0.5) is 0 Å². The summed E-state index contributed by atoms with van der Waals surface area (Å²) in [6.07, 6.45) is 0. The molecule has 1 aromatic carbocycles. The number of ether oxygens (including phenoxy) is 1. The van der Waals surface area contributed by atoms with E-state index in [1.807, 2.05) is 0 Å². The number of hydrogen-bond donors (Lipinski definition) is 2. The third-order valence-electron chi connectivity index (χ3n) is 2.82. The van der Waals surface area contributed by atoms with Crippen LogP contribution in [0.2, 0.25) is 0 Å². The maximum Gasteiger partial charge on any atom is 0.311 e. The molecule has 6 heteroatoms. The van der Waals surface area contributed by atoms with Gasteiger partial charge in [-0.1, -0.05) is 15.9 Å². The van der Waals surface area contributed by atoms with Crippen LogP contribution in [-0.4, -0.2) is 36.2 Å². The van der Waals surface area contributed by atoms with Crippen LogP contribution in [0.5, 0.6) is 0 Å². The van der Waals surface area contributed by atoms with Crippen LogP contribution in [0.25, 0.3) is 0 Å². The normalized spacial score (nSPS) is 22.7. The molecular weight excluding hydrogens is 302 g/mol. The Morgan fingerprint density at radius 3 is 2.56 bits per heavy atom. The van der Waals surface area contributed by atoms with Gasteiger partial charge in [0, 0.05) is 10.0 Å². The summed E-state index contributed by atoms with van der Waals surface area (Å²) in [4.78, 5) is 22.8. The lowest BCUT2D eigenvalue weighted by atomic mass is 10.0. The highest BCUT2D eigenvalue weighted by molar-refractivity contribution is 9.10. The standard InChI is InChI=1S/C12H12BrNO4/c13-8-3-1-7(2-4-8)11(15)14-10-6-18-5-9(10)12(16)17/h1-4,9-10H,5-6H2,(H,14,15)(H,16,17). The summed E-state index contributed by atoms with van der Waals surface area (Å²) in [6, 6.07) is 6.39. The fraction of sp³-hybridized carbons (Fsp3) is 0.333. The number of halogens is 1. The molecule has 1 aliphatic heterocycles. The Balaban J connectivity index is 2.03. The second-order valence-corrected chi connectivity index (χ2v) is 4.98. The molecule has 0 saturated carbocycles. The predicted octanol–water partition coefficient (Wildman–Crippen LogP) is 1.28. The average molecular weight is 314 g/mol. The van der Waals surface area contributed by atoms with Crippen LogP contribution in [0.1, 0.15) is 10.4 Å². The van der Waals surface area contributed by atoms with Crippen molar-refractivity contribution in [3.05, 3.63) is 34.3 Å². The first-order chi connectivity index (χ1) is 8.58. The summed E-state index contributed by atoms with van der Waals surface area (Å²) >= 11 is 3.28. The molecule has 0 aromatic heterocycles. The molecule has 18 heavy (non-hydrogen) atoms. The van der Waals surface area contributed by atoms with E-state index in [1.54, 1.807) is 24.3 Å². The van der Waals surface area contributed by atoms with Gasteiger partial charge < -0.3 is 15.2 Å². The molecule has 2 N–H and O–H groups in total. The van der Waals surface area contributed by atoms with Crippen molar-refractivity contribution < 1.29 is 19.4 Å². The van der Waals surface area contributed by atoms with Crippen molar-refractivity contribution in [1.82, 2.24) is 5.32 Å². The Morgan fingerprint density at radius 2 is 1.94 bits per heavy atom. The summed E-state index contributed by atoms with van der Waals surface area (Å²) < 4.78 is 5.97. The molecule has 1 aliphatic rings. The van der Waals surface area contributed by atoms with Gasteiger partial charge in [0.05, 0.1) is 19.3 Å². The summed E-state index contributed by atoms with van der Waals surface area (Å²) in [5.74, 6) is -1.91. The lowest BCUT2D eigenvalue weighted by molar-refractivity contribution is -0.142. The molecule has 1 fully saturated rings. The molecule has 0 bridgehead atoms. The zero-order valence-electron chi connectivity index (χ0n) is 9.43. The Kier molecular flexibility index (Phi) is 3.98. The molecule has 2 rings (SSSR count). The smallest absolute Gasteiger partial charge is 0.311 e. The van der Waals surface area contributed by atoms with Gasteiger partial charge in [-0.3, -0.25) is 9.59 Å². The first-order valence-electron chi connectivity index (χ1n) is 5.45. The van der Waals surface area contributed by atoms with E-state index in [4.69, 9.17) is 9.84 Å². The topological polar surface area (TPSA) is 75.6 Å². The highest BCUT2D eigenvalue weighted by atomic mass is 79.9. The van der Waals surface area contributed by atoms with Crippen molar-refractivity contribution in [2.75, 3.05) is 13.2 Å². The zero-order valence-corrected chi connectivity index (χ0v) is 11.0. The number of hydrogen-bond acceptors (Lipinski definition) is 3. The minimum absolute atomic E-state index is 0.140. The highest BCUT2D eigenvalue weighted by Crippen LogP contribution is 2.15. The minimum atomic E-state index is -0.950. The third-order valence-corrected chi connectivity index (χ3v) is 3.35. The molecule has 0 radical (unpaired) electrons. The number of carboxylic acid groups (broad SMARTS) is 1. The van der Waals surface area contributed by atoms with Crippen LogP contribution in [0.15, 0.2) is 28.7 Å². The number of nitrogens with one attached hydrogen (secondary N) is 1. The summed E-state index contributed by atoms with van der Waals surface area (Å²) in [5, 5.41) is 11.7. The summed E-state index contributed by atoms with van der Waals surface area (Å²) in [5.41, 5.74) is 0.495. The van der Waals surface area contributed by atoms with E-state index in [2.05, 4.69) is 21.2 Å². The second-order valence-electron chi connectivity index (χ2n) is 4.07. The van der Waals surface area contributed by atoms with Gasteiger partial charge >= 0.3 is 5.97 Å². The van der Waals surface area contributed by atoms with Gasteiger partial charge in [0.2, 0.25) is 0 Å². The monoisotopic (exact) mass is 313 g/mol. The molecule has 96 valence electrons. The molecule has 2 atom stereocenters. The average Bonchev–Trinajstić information content (AvgIpc) is 2.78. The largest absolute Gasteiger partial charge is 0.481 e. The van der Waals surface area contributed by atoms with Gasteiger partial charge in [-0.05, 0) is 24.3 Å². The third kappa shape index (κ3) is 2.88. The van der Waals surface area contributed by atoms with E-state index in [0.717, 1.165) is 4.47 Å². The lowest BCUT2D eigenvalue weighted by Crippen LogP contribution is -2.42. The van der Waals surface area contributed by atoms with E-state index in [-0.39, 0.29) is 19.1 Å². The molecular formula is C12H12BrNO4. The number of rotatable bonds is 3. The van der Waals surface area contributed by atoms with Crippen molar-refractivity contribution in [2.45, 2.75) is 6.04 Å². The molecule has 1 heterocycles. The van der Waals surface area contributed by atoms with Gasteiger partial charge in [-0.2, -0.15) is 0 Å². The van der Waals surface area contributed by atoms with Crippen LogP contribution in [-0.2, 0) is 9.53 Å². The number of benzene rings is 1. The van der Waals surface area contributed by atoms with Crippen molar-refractivity contribution in [1.29, 1.82) is 0 Å². The van der Waals surface area contributed by atoms with Crippen LogP contribution < -0.4 is 5.32 Å². The fourth-order valence-corrected chi connectivity index (χ4v) is 2.06. The molecule has 0 spiro atoms. The van der Waals surface area contributed by atoms with Crippen molar-refractivity contribution in [3.63, 3.8) is 0 Å². The van der Waals surface area contributed by atoms with Crippen LogP contribution >= 0.6 is 15.9 Å². The number of carbonyl (C=O) groups is 2. The van der Waals surface area contributed by atoms with E-state index >= 15 is 0 Å². The number of amides is 1. The summed E-state index contributed by atoms with van der Waals surface area (Å²) in [6.45, 7) is 0.375. The maximum atomic E-state index is 11.9. The van der Waals surface area contributed by atoms with E-state index < -0.39 is 17.9 Å². The molecule has 1 saturated heterocycles. The zero-order chi connectivity index (χ0) is 13.1. The molecule has 2 unspecified atom stereocenters. The summed E-state index contributed by atoms with van der Waals surface area (Å²) in [7, 11) is 0.